The molecule has 1 nitrogen and oxygen atoms in total. The second-order valence-corrected chi connectivity index (χ2v) is 5.97. The summed E-state index contributed by atoms with van der Waals surface area (Å²) in [6.45, 7) is 9.11. The average molecular weight is 212 g/mol. The molecule has 0 saturated heterocycles. The molecule has 0 amide bonds. The Bertz CT molecular complexity index is 182. The van der Waals surface area contributed by atoms with Gasteiger partial charge in [-0.1, -0.05) is 47.0 Å². The fourth-order valence-corrected chi connectivity index (χ4v) is 3.19. The molecule has 0 aromatic carbocycles. The lowest BCUT2D eigenvalue weighted by Crippen LogP contribution is -2.31. The van der Waals surface area contributed by atoms with Crippen molar-refractivity contribution in [2.45, 2.75) is 72.3 Å². The maximum absolute atomic E-state index is 10.3. The van der Waals surface area contributed by atoms with Crippen molar-refractivity contribution in [2.24, 2.45) is 17.3 Å². The summed E-state index contributed by atoms with van der Waals surface area (Å²) in [6, 6.07) is 0. The van der Waals surface area contributed by atoms with Gasteiger partial charge in [-0.15, -0.1) is 0 Å². The third kappa shape index (κ3) is 3.21. The van der Waals surface area contributed by atoms with Crippen LogP contribution in [0.3, 0.4) is 0 Å². The quantitative estimate of drug-likeness (QED) is 0.730. The summed E-state index contributed by atoms with van der Waals surface area (Å²) >= 11 is 0. The standard InChI is InChI=1S/C14H28O/c1-5-11(6-2)10-13(15)12-8-7-9-14(12,3)4/h11-13,15H,5-10H2,1-4H3. The fourth-order valence-electron chi connectivity index (χ4n) is 3.19. The summed E-state index contributed by atoms with van der Waals surface area (Å²) < 4.78 is 0. The van der Waals surface area contributed by atoms with Crippen LogP contribution in [0.5, 0.6) is 0 Å². The van der Waals surface area contributed by atoms with E-state index < -0.39 is 0 Å². The lowest BCUT2D eigenvalue weighted by Gasteiger charge is -2.32. The highest BCUT2D eigenvalue weighted by atomic mass is 16.3. The van der Waals surface area contributed by atoms with Gasteiger partial charge in [0.2, 0.25) is 0 Å². The third-order valence-corrected chi connectivity index (χ3v) is 4.53. The topological polar surface area (TPSA) is 20.2 Å². The predicted octanol–water partition coefficient (Wildman–Crippen LogP) is 4.00. The van der Waals surface area contributed by atoms with E-state index in [9.17, 15) is 5.11 Å². The van der Waals surface area contributed by atoms with E-state index >= 15 is 0 Å². The SMILES string of the molecule is CCC(CC)CC(O)C1CCCC1(C)C. The molecule has 15 heavy (non-hydrogen) atoms. The number of hydrogen-bond acceptors (Lipinski definition) is 1. The normalized spacial score (nSPS) is 27.2. The van der Waals surface area contributed by atoms with Crippen molar-refractivity contribution in [1.29, 1.82) is 0 Å². The number of aliphatic hydroxyl groups is 1. The molecule has 1 rings (SSSR count). The van der Waals surface area contributed by atoms with Crippen molar-refractivity contribution < 1.29 is 5.11 Å². The Balaban J connectivity index is 2.49. The highest BCUT2D eigenvalue weighted by Crippen LogP contribution is 2.45. The molecule has 0 aliphatic heterocycles. The minimum absolute atomic E-state index is 0.0626. The van der Waals surface area contributed by atoms with Crippen LogP contribution in [0, 0.1) is 17.3 Å². The van der Waals surface area contributed by atoms with E-state index in [4.69, 9.17) is 0 Å². The maximum Gasteiger partial charge on any atom is 0.0576 e. The van der Waals surface area contributed by atoms with Crippen LogP contribution in [-0.4, -0.2) is 11.2 Å². The first-order valence-electron chi connectivity index (χ1n) is 6.69. The minimum atomic E-state index is -0.0626. The van der Waals surface area contributed by atoms with Crippen LogP contribution < -0.4 is 0 Å². The molecule has 1 saturated carbocycles. The predicted molar refractivity (Wildman–Crippen MR) is 65.8 cm³/mol. The first-order valence-corrected chi connectivity index (χ1v) is 6.69. The van der Waals surface area contributed by atoms with E-state index in [1.807, 2.05) is 0 Å². The summed E-state index contributed by atoms with van der Waals surface area (Å²) in [5.74, 6) is 1.26. The van der Waals surface area contributed by atoms with Crippen molar-refractivity contribution in [1.82, 2.24) is 0 Å². The highest BCUT2D eigenvalue weighted by Gasteiger charge is 2.39. The monoisotopic (exact) mass is 212 g/mol. The highest BCUT2D eigenvalue weighted by molar-refractivity contribution is 4.89. The molecule has 0 aromatic rings. The van der Waals surface area contributed by atoms with E-state index in [1.165, 1.54) is 32.1 Å². The Labute approximate surface area is 95.3 Å². The fraction of sp³-hybridized carbons (Fsp3) is 1.00. The van der Waals surface area contributed by atoms with Gasteiger partial charge in [-0.3, -0.25) is 0 Å². The van der Waals surface area contributed by atoms with Crippen LogP contribution >= 0.6 is 0 Å². The van der Waals surface area contributed by atoms with Crippen LogP contribution in [-0.2, 0) is 0 Å². The van der Waals surface area contributed by atoms with Gasteiger partial charge in [0.05, 0.1) is 6.10 Å². The lowest BCUT2D eigenvalue weighted by atomic mass is 9.76. The van der Waals surface area contributed by atoms with Gasteiger partial charge in [0, 0.05) is 0 Å². The second kappa shape index (κ2) is 5.34. The van der Waals surface area contributed by atoms with Crippen molar-refractivity contribution in [3.63, 3.8) is 0 Å². The second-order valence-electron chi connectivity index (χ2n) is 5.97. The Hall–Kier alpha value is -0.0400. The first-order chi connectivity index (χ1) is 7.01. The van der Waals surface area contributed by atoms with Crippen LogP contribution in [0.4, 0.5) is 0 Å². The van der Waals surface area contributed by atoms with E-state index in [2.05, 4.69) is 27.7 Å². The molecule has 90 valence electrons. The zero-order valence-corrected chi connectivity index (χ0v) is 10.9. The number of aliphatic hydroxyl groups excluding tert-OH is 1. The number of hydrogen-bond donors (Lipinski definition) is 1. The molecule has 0 aromatic heterocycles. The van der Waals surface area contributed by atoms with Crippen molar-refractivity contribution in [2.75, 3.05) is 0 Å². The van der Waals surface area contributed by atoms with Crippen molar-refractivity contribution in [3.05, 3.63) is 0 Å². The molecule has 0 heterocycles. The van der Waals surface area contributed by atoms with Gasteiger partial charge in [0.15, 0.2) is 0 Å². The van der Waals surface area contributed by atoms with Gasteiger partial charge in [-0.05, 0) is 36.5 Å². The van der Waals surface area contributed by atoms with Crippen molar-refractivity contribution in [3.8, 4) is 0 Å². The molecule has 2 unspecified atom stereocenters. The molecular weight excluding hydrogens is 184 g/mol. The van der Waals surface area contributed by atoms with Crippen LogP contribution in [0.15, 0.2) is 0 Å². The Morgan fingerprint density at radius 3 is 2.27 bits per heavy atom. The van der Waals surface area contributed by atoms with Gasteiger partial charge in [-0.2, -0.15) is 0 Å². The molecular formula is C14H28O. The Kier molecular flexibility index (Phi) is 4.64. The van der Waals surface area contributed by atoms with Gasteiger partial charge in [0.25, 0.3) is 0 Å². The van der Waals surface area contributed by atoms with E-state index in [1.54, 1.807) is 0 Å². The maximum atomic E-state index is 10.3. The summed E-state index contributed by atoms with van der Waals surface area (Å²) in [4.78, 5) is 0. The molecule has 1 heteroatoms. The van der Waals surface area contributed by atoms with Gasteiger partial charge < -0.3 is 5.11 Å². The number of rotatable bonds is 5. The van der Waals surface area contributed by atoms with Crippen LogP contribution in [0.1, 0.15) is 66.2 Å². The zero-order chi connectivity index (χ0) is 11.5. The molecule has 1 fully saturated rings. The van der Waals surface area contributed by atoms with Gasteiger partial charge >= 0.3 is 0 Å². The Morgan fingerprint density at radius 1 is 1.27 bits per heavy atom. The summed E-state index contributed by atoms with van der Waals surface area (Å²) in [6.07, 6.45) is 7.19. The average Bonchev–Trinajstić information content (AvgIpc) is 2.54. The minimum Gasteiger partial charge on any atom is -0.393 e. The van der Waals surface area contributed by atoms with Crippen LogP contribution in [0.2, 0.25) is 0 Å². The largest absolute Gasteiger partial charge is 0.393 e. The van der Waals surface area contributed by atoms with Crippen LogP contribution in [0.25, 0.3) is 0 Å². The summed E-state index contributed by atoms with van der Waals surface area (Å²) in [5, 5.41) is 10.3. The molecule has 0 spiro atoms. The third-order valence-electron chi connectivity index (χ3n) is 4.53. The van der Waals surface area contributed by atoms with Crippen molar-refractivity contribution >= 4 is 0 Å². The smallest absolute Gasteiger partial charge is 0.0576 e. The molecule has 2 atom stereocenters. The molecule has 0 bridgehead atoms. The van der Waals surface area contributed by atoms with Gasteiger partial charge in [0.1, 0.15) is 0 Å². The molecule has 1 aliphatic carbocycles. The molecule has 1 N–H and O–H groups in total. The zero-order valence-electron chi connectivity index (χ0n) is 10.9. The lowest BCUT2D eigenvalue weighted by molar-refractivity contribution is 0.0340. The summed E-state index contributed by atoms with van der Waals surface area (Å²) in [5.41, 5.74) is 0.367. The van der Waals surface area contributed by atoms with Gasteiger partial charge in [-0.25, -0.2) is 0 Å². The Morgan fingerprint density at radius 2 is 1.87 bits per heavy atom. The first kappa shape index (κ1) is 13.0. The van der Waals surface area contributed by atoms with E-state index in [-0.39, 0.29) is 6.10 Å². The van der Waals surface area contributed by atoms with E-state index in [0.29, 0.717) is 11.3 Å². The molecule has 1 aliphatic rings. The van der Waals surface area contributed by atoms with E-state index in [0.717, 1.165) is 12.3 Å². The summed E-state index contributed by atoms with van der Waals surface area (Å²) in [7, 11) is 0. The molecule has 0 radical (unpaired) electrons.